The maximum atomic E-state index is 8.14. The van der Waals surface area contributed by atoms with Gasteiger partial charge in [-0.25, -0.2) is 9.55 Å². The van der Waals surface area contributed by atoms with Gasteiger partial charge in [-0.3, -0.25) is 0 Å². The highest BCUT2D eigenvalue weighted by Gasteiger charge is 2.20. The number of rotatable bonds is 2. The fourth-order valence-corrected chi connectivity index (χ4v) is 4.80. The average Bonchev–Trinajstić information content (AvgIpc) is 3.21. The highest BCUT2D eigenvalue weighted by Crippen LogP contribution is 2.37. The molecule has 0 unspecified atom stereocenters. The van der Waals surface area contributed by atoms with E-state index in [1.807, 2.05) is 67.1 Å². The van der Waals surface area contributed by atoms with E-state index in [0.29, 0.717) is 11.1 Å². The van der Waals surface area contributed by atoms with Gasteiger partial charge in [0.2, 0.25) is 5.69 Å². The second kappa shape index (κ2) is 7.28. The summed E-state index contributed by atoms with van der Waals surface area (Å²) in [7, 11) is 1.90. The third-order valence-electron chi connectivity index (χ3n) is 6.48. The molecule has 0 aliphatic heterocycles. The molecule has 6 rings (SSSR count). The largest absolute Gasteiger partial charge is 0.454 e. The van der Waals surface area contributed by atoms with Gasteiger partial charge in [0.15, 0.2) is 11.8 Å². The van der Waals surface area contributed by atoms with Gasteiger partial charge in [-0.15, -0.1) is 0 Å². The van der Waals surface area contributed by atoms with Gasteiger partial charge in [0.25, 0.3) is 0 Å². The molecule has 0 N–H and O–H groups in total. The quantitative estimate of drug-likeness (QED) is 0.270. The second-order valence-corrected chi connectivity index (χ2v) is 8.65. The number of furan rings is 1. The molecule has 160 valence electrons. The van der Waals surface area contributed by atoms with Gasteiger partial charge in [-0.1, -0.05) is 54.6 Å². The second-order valence-electron chi connectivity index (χ2n) is 8.65. The Morgan fingerprint density at radius 1 is 0.818 bits per heavy atom. The Hall–Kier alpha value is -3.98. The van der Waals surface area contributed by atoms with Crippen LogP contribution in [0, 0.1) is 20.7 Å². The van der Waals surface area contributed by atoms with Gasteiger partial charge < -0.3 is 4.42 Å². The van der Waals surface area contributed by atoms with E-state index in [1.165, 1.54) is 0 Å². The Bertz CT molecular complexity index is 1800. The first-order valence-corrected chi connectivity index (χ1v) is 11.0. The topological polar surface area (TPSA) is 29.9 Å². The predicted molar refractivity (Wildman–Crippen MR) is 135 cm³/mol. The molecule has 3 aromatic carbocycles. The molecular formula is C30H25N2O+. The van der Waals surface area contributed by atoms with E-state index in [0.717, 1.165) is 60.9 Å². The Balaban J connectivity index is 1.64. The van der Waals surface area contributed by atoms with E-state index in [1.54, 1.807) is 6.20 Å². The zero-order valence-electron chi connectivity index (χ0n) is 21.8. The number of fused-ring (bicyclic) bond motifs is 5. The van der Waals surface area contributed by atoms with Gasteiger partial charge in [0.1, 0.15) is 18.1 Å². The van der Waals surface area contributed by atoms with E-state index in [4.69, 9.17) is 13.5 Å². The Labute approximate surface area is 197 Å². The SMILES string of the molecule is [2H]C([2H])([2H])c1c[n+](C)c(-c2cc3c(cc2C)oc2c4ccccc4c(C)nc32)cc1-c1ccccc1. The number of hydrogen-bond donors (Lipinski definition) is 0. The maximum absolute atomic E-state index is 8.14. The Morgan fingerprint density at radius 2 is 1.58 bits per heavy atom. The van der Waals surface area contributed by atoms with E-state index in [9.17, 15) is 0 Å². The van der Waals surface area contributed by atoms with Crippen molar-refractivity contribution in [1.29, 1.82) is 0 Å². The molecule has 3 nitrogen and oxygen atoms in total. The third kappa shape index (κ3) is 3.04. The zero-order chi connectivity index (χ0) is 25.2. The number of pyridine rings is 2. The molecule has 0 aliphatic carbocycles. The molecule has 0 bridgehead atoms. The van der Waals surface area contributed by atoms with E-state index in [-0.39, 0.29) is 0 Å². The van der Waals surface area contributed by atoms with Crippen molar-refractivity contribution in [3.8, 4) is 22.4 Å². The lowest BCUT2D eigenvalue weighted by Gasteiger charge is -2.10. The first-order valence-electron chi connectivity index (χ1n) is 12.5. The lowest BCUT2D eigenvalue weighted by Crippen LogP contribution is -2.31. The maximum Gasteiger partial charge on any atom is 0.213 e. The van der Waals surface area contributed by atoms with Crippen molar-refractivity contribution < 1.29 is 13.1 Å². The summed E-state index contributed by atoms with van der Waals surface area (Å²) in [6.45, 7) is 1.84. The van der Waals surface area contributed by atoms with Crippen LogP contribution in [0.25, 0.3) is 55.2 Å². The van der Waals surface area contributed by atoms with Crippen molar-refractivity contribution in [1.82, 2.24) is 4.98 Å². The van der Waals surface area contributed by atoms with Crippen molar-refractivity contribution in [2.75, 3.05) is 0 Å². The van der Waals surface area contributed by atoms with Crippen molar-refractivity contribution in [3.63, 3.8) is 0 Å². The van der Waals surface area contributed by atoms with Gasteiger partial charge in [0.05, 0.1) is 0 Å². The minimum Gasteiger partial charge on any atom is -0.454 e. The minimum atomic E-state index is -2.23. The highest BCUT2D eigenvalue weighted by atomic mass is 16.3. The highest BCUT2D eigenvalue weighted by molar-refractivity contribution is 6.14. The lowest BCUT2D eigenvalue weighted by molar-refractivity contribution is -0.660. The van der Waals surface area contributed by atoms with Crippen LogP contribution in [-0.2, 0) is 7.05 Å². The lowest BCUT2D eigenvalue weighted by atomic mass is 9.96. The summed E-state index contributed by atoms with van der Waals surface area (Å²) >= 11 is 0. The summed E-state index contributed by atoms with van der Waals surface area (Å²) < 4.78 is 32.7. The van der Waals surface area contributed by atoms with Gasteiger partial charge in [-0.05, 0) is 49.5 Å². The number of aryl methyl sites for hydroxylation is 4. The fourth-order valence-electron chi connectivity index (χ4n) is 4.80. The molecule has 6 aromatic rings. The molecule has 0 fully saturated rings. The molecule has 0 amide bonds. The molecule has 3 heterocycles. The van der Waals surface area contributed by atoms with Crippen LogP contribution < -0.4 is 4.57 Å². The predicted octanol–water partition coefficient (Wildman–Crippen LogP) is 7.22. The van der Waals surface area contributed by atoms with Crippen LogP contribution >= 0.6 is 0 Å². The molecule has 0 atom stereocenters. The molecule has 0 saturated heterocycles. The number of nitrogens with zero attached hydrogens (tertiary/aromatic N) is 2. The number of aromatic nitrogens is 2. The zero-order valence-corrected chi connectivity index (χ0v) is 18.8. The molecule has 3 aromatic heterocycles. The van der Waals surface area contributed by atoms with Gasteiger partial charge in [0, 0.05) is 43.2 Å². The minimum absolute atomic E-state index is 0.330. The molecular weight excluding hydrogens is 404 g/mol. The summed E-state index contributed by atoms with van der Waals surface area (Å²) in [5.74, 6) is 0. The standard InChI is InChI=1S/C30H25N2O/c1-18-14-28-26(29-30(33-28)23-13-9-8-12-22(23)20(3)31-29)15-25(18)27-16-24(19(2)17-32(27)4)21-10-6-5-7-11-21/h5-17H,1-4H3/q+1/i2D3. The van der Waals surface area contributed by atoms with Crippen molar-refractivity contribution in [3.05, 3.63) is 95.8 Å². The van der Waals surface area contributed by atoms with E-state index < -0.39 is 6.85 Å². The van der Waals surface area contributed by atoms with Crippen molar-refractivity contribution in [2.45, 2.75) is 20.7 Å². The van der Waals surface area contributed by atoms with Crippen LogP contribution in [0.1, 0.15) is 20.9 Å². The summed E-state index contributed by atoms with van der Waals surface area (Å²) in [4.78, 5) is 4.92. The van der Waals surface area contributed by atoms with Crippen LogP contribution in [-0.4, -0.2) is 4.98 Å². The summed E-state index contributed by atoms with van der Waals surface area (Å²) in [6, 6.07) is 24.0. The molecule has 0 aliphatic rings. The summed E-state index contributed by atoms with van der Waals surface area (Å²) in [5, 5.41) is 3.08. The third-order valence-corrected chi connectivity index (χ3v) is 6.48. The number of hydrogen-bond acceptors (Lipinski definition) is 2. The number of benzene rings is 3. The van der Waals surface area contributed by atoms with Crippen LogP contribution in [0.5, 0.6) is 0 Å². The Kier molecular flexibility index (Phi) is 3.67. The van der Waals surface area contributed by atoms with Gasteiger partial charge >= 0.3 is 0 Å². The van der Waals surface area contributed by atoms with Crippen molar-refractivity contribution >= 4 is 32.8 Å². The smallest absolute Gasteiger partial charge is 0.213 e. The van der Waals surface area contributed by atoms with Gasteiger partial charge in [-0.2, -0.15) is 0 Å². The molecule has 33 heavy (non-hydrogen) atoms. The van der Waals surface area contributed by atoms with Crippen LogP contribution in [0.3, 0.4) is 0 Å². The monoisotopic (exact) mass is 432 g/mol. The molecule has 0 spiro atoms. The first kappa shape index (κ1) is 16.6. The molecule has 0 radical (unpaired) electrons. The molecule has 3 heteroatoms. The van der Waals surface area contributed by atoms with Crippen molar-refractivity contribution in [2.24, 2.45) is 7.05 Å². The van der Waals surface area contributed by atoms with E-state index >= 15 is 0 Å². The first-order chi connectivity index (χ1) is 17.2. The van der Waals surface area contributed by atoms with E-state index in [2.05, 4.69) is 31.2 Å². The van der Waals surface area contributed by atoms with Crippen LogP contribution in [0.4, 0.5) is 0 Å². The molecule has 0 saturated carbocycles. The average molecular weight is 433 g/mol. The normalized spacial score (nSPS) is 13.4. The summed E-state index contributed by atoms with van der Waals surface area (Å²) in [5.41, 5.74) is 8.27. The summed E-state index contributed by atoms with van der Waals surface area (Å²) in [6.07, 6.45) is 1.73. The van der Waals surface area contributed by atoms with Crippen LogP contribution in [0.2, 0.25) is 0 Å². The Morgan fingerprint density at radius 3 is 2.36 bits per heavy atom. The fraction of sp³-hybridized carbons (Fsp3) is 0.133. The van der Waals surface area contributed by atoms with Crippen LogP contribution in [0.15, 0.2) is 83.4 Å².